The van der Waals surface area contributed by atoms with Crippen molar-refractivity contribution in [2.24, 2.45) is 0 Å². The van der Waals surface area contributed by atoms with E-state index in [-0.39, 0.29) is 10.9 Å². The number of pyridine rings is 1. The Bertz CT molecular complexity index is 1160. The Morgan fingerprint density at radius 1 is 1.20 bits per heavy atom. The first-order valence-corrected chi connectivity index (χ1v) is 12.0. The molecule has 3 heterocycles. The van der Waals surface area contributed by atoms with Gasteiger partial charge in [0, 0.05) is 11.9 Å². The lowest BCUT2D eigenvalue weighted by Gasteiger charge is -2.25. The number of ether oxygens (including phenoxy) is 1. The Morgan fingerprint density at radius 2 is 2.03 bits per heavy atom. The second-order valence-corrected chi connectivity index (χ2v) is 10.0. The van der Waals surface area contributed by atoms with Gasteiger partial charge in [0.2, 0.25) is 10.0 Å². The smallest absolute Gasteiger partial charge is 0.247 e. The monoisotopic (exact) mass is 444 g/mol. The minimum absolute atomic E-state index is 0.199. The Labute approximate surface area is 180 Å². The summed E-state index contributed by atoms with van der Waals surface area (Å²) in [4.78, 5) is 9.30. The number of benzene rings is 1. The molecule has 1 fully saturated rings. The first-order valence-electron chi connectivity index (χ1n) is 9.71. The van der Waals surface area contributed by atoms with Gasteiger partial charge in [-0.25, -0.2) is 18.4 Å². The number of nitrogens with zero attached hydrogens (tertiary/aromatic N) is 3. The number of sulfonamides is 1. The van der Waals surface area contributed by atoms with Crippen LogP contribution in [0.4, 0.5) is 10.9 Å². The molecular formula is C21H24N4O3S2. The fourth-order valence-corrected chi connectivity index (χ4v) is 6.27. The highest BCUT2D eigenvalue weighted by Gasteiger charge is 2.38. The van der Waals surface area contributed by atoms with Crippen molar-refractivity contribution in [3.05, 3.63) is 58.7 Å². The van der Waals surface area contributed by atoms with Gasteiger partial charge in [0.15, 0.2) is 5.13 Å². The summed E-state index contributed by atoms with van der Waals surface area (Å²) in [6.45, 7) is 4.26. The number of methoxy groups -OCH3 is 1. The number of hydrogen-bond donors (Lipinski definition) is 1. The minimum atomic E-state index is -3.73. The second kappa shape index (κ2) is 8.33. The van der Waals surface area contributed by atoms with E-state index in [1.807, 2.05) is 43.5 Å². The highest BCUT2D eigenvalue weighted by atomic mass is 32.2. The van der Waals surface area contributed by atoms with Crippen LogP contribution in [0.1, 0.15) is 35.8 Å². The summed E-state index contributed by atoms with van der Waals surface area (Å²) in [5.74, 6) is 1.01. The van der Waals surface area contributed by atoms with Crippen molar-refractivity contribution in [2.45, 2.75) is 37.6 Å². The van der Waals surface area contributed by atoms with Gasteiger partial charge in [0.1, 0.15) is 16.5 Å². The number of nitrogens with one attached hydrogen (secondary N) is 1. The maximum absolute atomic E-state index is 13.5. The molecule has 3 aromatic rings. The van der Waals surface area contributed by atoms with Crippen molar-refractivity contribution < 1.29 is 13.2 Å². The lowest BCUT2D eigenvalue weighted by molar-refractivity contribution is 0.377. The molecule has 0 radical (unpaired) electrons. The molecule has 0 amide bonds. The molecular weight excluding hydrogens is 420 g/mol. The van der Waals surface area contributed by atoms with E-state index in [1.54, 1.807) is 16.4 Å². The number of rotatable bonds is 6. The van der Waals surface area contributed by atoms with Crippen LogP contribution in [-0.4, -0.2) is 36.3 Å². The summed E-state index contributed by atoms with van der Waals surface area (Å²) >= 11 is 1.51. The standard InChI is InChI=1S/C21H24N4O3S2/c1-14-9-10-18(28-3)19(12-14)30(26,27)25-11-5-7-17(25)16-6-4-8-20(23-16)24-21-22-15(2)13-29-21/h4,6,8-10,12-13,17H,5,7,11H2,1-3H3,(H,22,23,24)/t17-/m0/s1. The molecule has 9 heteroatoms. The molecule has 158 valence electrons. The molecule has 0 bridgehead atoms. The third kappa shape index (κ3) is 4.05. The van der Waals surface area contributed by atoms with Crippen molar-refractivity contribution in [1.82, 2.24) is 14.3 Å². The quantitative estimate of drug-likeness (QED) is 0.605. The summed E-state index contributed by atoms with van der Waals surface area (Å²) in [7, 11) is -2.24. The summed E-state index contributed by atoms with van der Waals surface area (Å²) in [5.41, 5.74) is 2.54. The maximum Gasteiger partial charge on any atom is 0.247 e. The van der Waals surface area contributed by atoms with Crippen molar-refractivity contribution in [3.8, 4) is 5.75 Å². The normalized spacial score (nSPS) is 17.2. The maximum atomic E-state index is 13.5. The van der Waals surface area contributed by atoms with Crippen molar-refractivity contribution in [3.63, 3.8) is 0 Å². The van der Waals surface area contributed by atoms with Crippen LogP contribution in [0.2, 0.25) is 0 Å². The largest absolute Gasteiger partial charge is 0.495 e. The number of anilines is 2. The first kappa shape index (κ1) is 20.8. The number of aryl methyl sites for hydroxylation is 2. The van der Waals surface area contributed by atoms with Gasteiger partial charge in [-0.05, 0) is 56.5 Å². The molecule has 7 nitrogen and oxygen atoms in total. The summed E-state index contributed by atoms with van der Waals surface area (Å²) in [5, 5.41) is 5.93. The Morgan fingerprint density at radius 3 is 2.77 bits per heavy atom. The molecule has 0 saturated carbocycles. The fraction of sp³-hybridized carbons (Fsp3) is 0.333. The second-order valence-electron chi connectivity index (χ2n) is 7.29. The van der Waals surface area contributed by atoms with E-state index in [0.717, 1.165) is 34.9 Å². The van der Waals surface area contributed by atoms with Gasteiger partial charge in [-0.15, -0.1) is 11.3 Å². The molecule has 0 spiro atoms. The highest BCUT2D eigenvalue weighted by molar-refractivity contribution is 7.89. The average Bonchev–Trinajstić information content (AvgIpc) is 3.38. The van der Waals surface area contributed by atoms with Crippen LogP contribution in [0.25, 0.3) is 0 Å². The van der Waals surface area contributed by atoms with E-state index in [2.05, 4.69) is 10.3 Å². The van der Waals surface area contributed by atoms with Crippen molar-refractivity contribution >= 4 is 32.3 Å². The van der Waals surface area contributed by atoms with E-state index in [9.17, 15) is 8.42 Å². The predicted molar refractivity (Wildman–Crippen MR) is 118 cm³/mol. The third-order valence-electron chi connectivity index (χ3n) is 5.08. The SMILES string of the molecule is COc1ccc(C)cc1S(=O)(=O)N1CCC[C@H]1c1cccc(Nc2nc(C)cs2)n1. The zero-order valence-electron chi connectivity index (χ0n) is 17.1. The van der Waals surface area contributed by atoms with Crippen LogP contribution < -0.4 is 10.1 Å². The average molecular weight is 445 g/mol. The lowest BCUT2D eigenvalue weighted by Crippen LogP contribution is -2.31. The summed E-state index contributed by atoms with van der Waals surface area (Å²) < 4.78 is 33.9. The fourth-order valence-electron chi connectivity index (χ4n) is 3.66. The van der Waals surface area contributed by atoms with Gasteiger partial charge in [0.25, 0.3) is 0 Å². The zero-order valence-corrected chi connectivity index (χ0v) is 18.8. The molecule has 1 aliphatic rings. The Kier molecular flexibility index (Phi) is 5.77. The summed E-state index contributed by atoms with van der Waals surface area (Å²) in [6, 6.07) is 10.5. The van der Waals surface area contributed by atoms with Crippen LogP contribution in [0.5, 0.6) is 5.75 Å². The van der Waals surface area contributed by atoms with Gasteiger partial charge in [-0.3, -0.25) is 0 Å². The van der Waals surface area contributed by atoms with Gasteiger partial charge in [-0.1, -0.05) is 12.1 Å². The van der Waals surface area contributed by atoms with Crippen molar-refractivity contribution in [2.75, 3.05) is 19.0 Å². The number of aromatic nitrogens is 2. The lowest BCUT2D eigenvalue weighted by atomic mass is 10.1. The topological polar surface area (TPSA) is 84.4 Å². The molecule has 1 atom stereocenters. The molecule has 0 unspecified atom stereocenters. The minimum Gasteiger partial charge on any atom is -0.495 e. The van der Waals surface area contributed by atoms with E-state index in [1.165, 1.54) is 18.4 Å². The Hall–Kier alpha value is -2.49. The van der Waals surface area contributed by atoms with E-state index < -0.39 is 10.0 Å². The molecule has 1 aliphatic heterocycles. The van der Waals surface area contributed by atoms with Crippen LogP contribution in [0, 0.1) is 13.8 Å². The zero-order chi connectivity index (χ0) is 21.3. The molecule has 1 N–H and O–H groups in total. The van der Waals surface area contributed by atoms with Crippen LogP contribution in [0.3, 0.4) is 0 Å². The summed E-state index contributed by atoms with van der Waals surface area (Å²) in [6.07, 6.45) is 1.50. The van der Waals surface area contributed by atoms with E-state index >= 15 is 0 Å². The predicted octanol–water partition coefficient (Wildman–Crippen LogP) is 4.43. The molecule has 1 aromatic carbocycles. The third-order valence-corrected chi connectivity index (χ3v) is 7.88. The number of hydrogen-bond acceptors (Lipinski definition) is 7. The Balaban J connectivity index is 1.65. The molecule has 1 saturated heterocycles. The van der Waals surface area contributed by atoms with Gasteiger partial charge in [0.05, 0.1) is 24.5 Å². The van der Waals surface area contributed by atoms with Crippen LogP contribution in [-0.2, 0) is 10.0 Å². The van der Waals surface area contributed by atoms with Gasteiger partial charge >= 0.3 is 0 Å². The van der Waals surface area contributed by atoms with Crippen LogP contribution in [0.15, 0.2) is 46.7 Å². The highest BCUT2D eigenvalue weighted by Crippen LogP contribution is 2.38. The van der Waals surface area contributed by atoms with E-state index in [0.29, 0.717) is 18.1 Å². The molecule has 30 heavy (non-hydrogen) atoms. The molecule has 0 aliphatic carbocycles. The van der Waals surface area contributed by atoms with Crippen LogP contribution >= 0.6 is 11.3 Å². The van der Waals surface area contributed by atoms with E-state index in [4.69, 9.17) is 9.72 Å². The van der Waals surface area contributed by atoms with Gasteiger partial charge in [-0.2, -0.15) is 4.31 Å². The van der Waals surface area contributed by atoms with Gasteiger partial charge < -0.3 is 10.1 Å². The molecule has 2 aromatic heterocycles. The first-order chi connectivity index (χ1) is 14.4. The molecule has 4 rings (SSSR count). The number of thiazole rings is 1. The van der Waals surface area contributed by atoms with Crippen molar-refractivity contribution in [1.29, 1.82) is 0 Å².